The van der Waals surface area contributed by atoms with Gasteiger partial charge in [0.25, 0.3) is 0 Å². The summed E-state index contributed by atoms with van der Waals surface area (Å²) in [6.07, 6.45) is 3.60. The molecule has 1 aromatic heterocycles. The van der Waals surface area contributed by atoms with Crippen LogP contribution in [0.4, 0.5) is 11.4 Å². The molecule has 4 heterocycles. The minimum atomic E-state index is -1.57. The van der Waals surface area contributed by atoms with Gasteiger partial charge in [-0.25, -0.2) is 4.99 Å². The van der Waals surface area contributed by atoms with E-state index >= 15 is 0 Å². The van der Waals surface area contributed by atoms with Crippen molar-refractivity contribution in [3.05, 3.63) is 53.1 Å². The van der Waals surface area contributed by atoms with E-state index in [9.17, 15) is 9.90 Å². The van der Waals surface area contributed by atoms with Crippen LogP contribution >= 0.6 is 0 Å². The molecule has 1 N–H and O–H groups in total. The standard InChI is InChI=1S/C18H15N5O2/c1-11-2-3-14-13(8-11)16(24)18(25)5-7-22(17(18)21-14)12-4-6-23-15(9-12)19-10-20-23/h2-4,6,8-10,25H,5,7H2,1H3/q+2/t18-/m1/s1. The minimum Gasteiger partial charge on any atom is -0.374 e. The zero-order valence-corrected chi connectivity index (χ0v) is 13.5. The molecule has 0 bridgehead atoms. The van der Waals surface area contributed by atoms with Crippen LogP contribution in [0.15, 0.2) is 46.5 Å². The van der Waals surface area contributed by atoms with Gasteiger partial charge in [-0.1, -0.05) is 11.6 Å². The second-order valence-corrected chi connectivity index (χ2v) is 6.49. The Labute approximate surface area is 142 Å². The molecule has 122 valence electrons. The van der Waals surface area contributed by atoms with Crippen LogP contribution in [0, 0.1) is 6.92 Å². The van der Waals surface area contributed by atoms with Gasteiger partial charge in [-0.3, -0.25) is 4.79 Å². The lowest BCUT2D eigenvalue weighted by atomic mass is 9.87. The summed E-state index contributed by atoms with van der Waals surface area (Å²) in [5.41, 5.74) is 2.03. The normalized spacial score (nSPS) is 22.7. The lowest BCUT2D eigenvalue weighted by Gasteiger charge is -2.29. The Morgan fingerprint density at radius 3 is 3.08 bits per heavy atom. The largest absolute Gasteiger partial charge is 0.436 e. The molecule has 0 spiro atoms. The van der Waals surface area contributed by atoms with E-state index in [0.29, 0.717) is 35.5 Å². The van der Waals surface area contributed by atoms with Crippen LogP contribution in [0.2, 0.25) is 0 Å². The summed E-state index contributed by atoms with van der Waals surface area (Å²) in [5.74, 6) is 0.111. The molecular formula is C18H15N5O2+2. The maximum absolute atomic E-state index is 12.9. The maximum Gasteiger partial charge on any atom is 0.436 e. The number of nitrogens with zero attached hydrogens (tertiary/aromatic N) is 5. The number of fused-ring (bicyclic) bond motifs is 3. The molecule has 2 aromatic rings. The van der Waals surface area contributed by atoms with Crippen molar-refractivity contribution in [1.29, 1.82) is 0 Å². The average Bonchev–Trinajstić information content (AvgIpc) is 3.20. The first kappa shape index (κ1) is 14.2. The second kappa shape index (κ2) is 4.69. The fourth-order valence-corrected chi connectivity index (χ4v) is 3.57. The number of aliphatic imine (C=N–C) groups is 1. The summed E-state index contributed by atoms with van der Waals surface area (Å²) >= 11 is 0. The molecule has 1 aromatic carbocycles. The Hall–Kier alpha value is -3.15. The van der Waals surface area contributed by atoms with E-state index < -0.39 is 5.60 Å². The lowest BCUT2D eigenvalue weighted by molar-refractivity contribution is -0.837. The number of carbonyl (C=O) groups excluding carboxylic acids is 1. The smallest absolute Gasteiger partial charge is 0.374 e. The van der Waals surface area contributed by atoms with Crippen LogP contribution in [0.25, 0.3) is 0 Å². The van der Waals surface area contributed by atoms with Crippen molar-refractivity contribution in [1.82, 2.24) is 0 Å². The van der Waals surface area contributed by atoms with Crippen molar-refractivity contribution in [3.63, 3.8) is 0 Å². The number of pyridine rings is 1. The Bertz CT molecular complexity index is 1150. The number of hydrogen-bond donors (Lipinski definition) is 1. The molecule has 1 atom stereocenters. The number of aromatic nitrogens is 1. The van der Waals surface area contributed by atoms with Gasteiger partial charge in [-0.05, 0) is 23.8 Å². The molecule has 3 aliphatic heterocycles. The first-order valence-corrected chi connectivity index (χ1v) is 8.10. The molecule has 3 aliphatic rings. The van der Waals surface area contributed by atoms with Crippen LogP contribution in [0.5, 0.6) is 0 Å². The van der Waals surface area contributed by atoms with E-state index in [-0.39, 0.29) is 5.78 Å². The van der Waals surface area contributed by atoms with Gasteiger partial charge in [0.05, 0.1) is 17.4 Å². The number of aryl methyl sites for hydroxylation is 1. The van der Waals surface area contributed by atoms with Crippen LogP contribution in [0.3, 0.4) is 0 Å². The molecule has 0 unspecified atom stereocenters. The van der Waals surface area contributed by atoms with Crippen LogP contribution < -0.4 is 14.8 Å². The summed E-state index contributed by atoms with van der Waals surface area (Å²) in [6, 6.07) is 9.29. The molecule has 7 heteroatoms. The van der Waals surface area contributed by atoms with Crippen LogP contribution in [-0.2, 0) is 0 Å². The van der Waals surface area contributed by atoms with Gasteiger partial charge in [-0.2, -0.15) is 0 Å². The van der Waals surface area contributed by atoms with E-state index in [1.807, 2.05) is 36.1 Å². The van der Waals surface area contributed by atoms with Crippen molar-refractivity contribution in [3.8, 4) is 0 Å². The van der Waals surface area contributed by atoms with Gasteiger partial charge in [0.1, 0.15) is 5.84 Å². The van der Waals surface area contributed by atoms with Crippen molar-refractivity contribution >= 4 is 29.3 Å². The first-order valence-electron chi connectivity index (χ1n) is 8.10. The number of rotatable bonds is 1. The third-order valence-electron chi connectivity index (χ3n) is 4.90. The molecule has 5 rings (SSSR count). The molecule has 0 amide bonds. The number of carbonyl (C=O) groups is 1. The Kier molecular flexibility index (Phi) is 2.67. The highest BCUT2D eigenvalue weighted by atomic mass is 16.3. The Morgan fingerprint density at radius 2 is 2.20 bits per heavy atom. The number of amidine groups is 1. The summed E-state index contributed by atoms with van der Waals surface area (Å²) in [6.45, 7) is 2.43. The van der Waals surface area contributed by atoms with Crippen LogP contribution in [0.1, 0.15) is 22.3 Å². The monoisotopic (exact) mass is 333 g/mol. The van der Waals surface area contributed by atoms with Gasteiger partial charge >= 0.3 is 11.8 Å². The summed E-state index contributed by atoms with van der Waals surface area (Å²) in [4.78, 5) is 27.7. The van der Waals surface area contributed by atoms with Crippen molar-refractivity contribution in [2.24, 2.45) is 9.98 Å². The van der Waals surface area contributed by atoms with Crippen molar-refractivity contribution in [2.75, 3.05) is 11.4 Å². The maximum atomic E-state index is 12.9. The minimum absolute atomic E-state index is 0.276. The Balaban J connectivity index is 1.67. The predicted molar refractivity (Wildman–Crippen MR) is 89.0 cm³/mol. The van der Waals surface area contributed by atoms with E-state index in [1.165, 1.54) is 6.34 Å². The summed E-state index contributed by atoms with van der Waals surface area (Å²) < 4.78 is 1.66. The highest BCUT2D eigenvalue weighted by Gasteiger charge is 2.52. The average molecular weight is 333 g/mol. The highest BCUT2D eigenvalue weighted by Crippen LogP contribution is 2.39. The number of benzene rings is 1. The number of aliphatic hydroxyl groups is 1. The number of hydrogen-bond acceptors (Lipinski definition) is 5. The van der Waals surface area contributed by atoms with Gasteiger partial charge in [-0.15, -0.1) is 0 Å². The highest BCUT2D eigenvalue weighted by molar-refractivity contribution is 6.28. The predicted octanol–water partition coefficient (Wildman–Crippen LogP) is 0.0516. The number of anilines is 1. The summed E-state index contributed by atoms with van der Waals surface area (Å²) in [5, 5.41) is 11.1. The van der Waals surface area contributed by atoms with E-state index in [1.54, 1.807) is 16.6 Å². The van der Waals surface area contributed by atoms with Crippen molar-refractivity contribution in [2.45, 2.75) is 18.9 Å². The summed E-state index contributed by atoms with van der Waals surface area (Å²) in [7, 11) is 0. The Morgan fingerprint density at radius 1 is 1.32 bits per heavy atom. The molecule has 0 aliphatic carbocycles. The third kappa shape index (κ3) is 1.88. The first-order chi connectivity index (χ1) is 12.1. The van der Waals surface area contributed by atoms with E-state index in [2.05, 4.69) is 14.8 Å². The molecule has 25 heavy (non-hydrogen) atoms. The second-order valence-electron chi connectivity index (χ2n) is 6.49. The van der Waals surface area contributed by atoms with Gasteiger partial charge in [0.2, 0.25) is 5.78 Å². The quantitative estimate of drug-likeness (QED) is 0.591. The van der Waals surface area contributed by atoms with Crippen LogP contribution in [-0.4, -0.2) is 40.0 Å². The van der Waals surface area contributed by atoms with Crippen molar-refractivity contribution < 1.29 is 19.1 Å². The third-order valence-corrected chi connectivity index (χ3v) is 4.90. The zero-order valence-electron chi connectivity index (χ0n) is 13.5. The number of Topliss-reactive ketones (excluding diaryl/α,β-unsaturated/α-hetero) is 1. The molecule has 1 fully saturated rings. The topological polar surface area (TPSA) is 85.3 Å². The zero-order chi connectivity index (χ0) is 17.2. The fraction of sp³-hybridized carbons (Fsp3) is 0.222. The molecule has 0 saturated carbocycles. The van der Waals surface area contributed by atoms with Gasteiger partial charge < -0.3 is 10.0 Å². The molecule has 1 saturated heterocycles. The molecule has 7 nitrogen and oxygen atoms in total. The van der Waals surface area contributed by atoms with Gasteiger partial charge in [0.15, 0.2) is 11.8 Å². The van der Waals surface area contributed by atoms with E-state index in [4.69, 9.17) is 0 Å². The molecule has 0 radical (unpaired) electrons. The lowest BCUT2D eigenvalue weighted by Crippen LogP contribution is -2.49. The SMILES string of the molecule is Cc1ccc2c(c1)C(=O)[C@]1(O)CCN(c3cc[n+]4c(c3)=NC=[N+]=4)C1=N2. The fourth-order valence-electron chi connectivity index (χ4n) is 3.57. The van der Waals surface area contributed by atoms with Gasteiger partial charge in [0, 0.05) is 34.0 Å². The molecular weight excluding hydrogens is 318 g/mol. The van der Waals surface area contributed by atoms with E-state index in [0.717, 1.165) is 11.3 Å². The number of ketones is 1.